The van der Waals surface area contributed by atoms with Crippen molar-refractivity contribution in [3.05, 3.63) is 80.4 Å². The number of benzene rings is 2. The molecule has 0 aliphatic carbocycles. The summed E-state index contributed by atoms with van der Waals surface area (Å²) in [7, 11) is 1.60. The number of pyridine rings is 1. The minimum atomic E-state index is -0.186. The molecule has 7 heteroatoms. The van der Waals surface area contributed by atoms with Crippen LogP contribution in [0.3, 0.4) is 0 Å². The lowest BCUT2D eigenvalue weighted by Crippen LogP contribution is -2.25. The Morgan fingerprint density at radius 3 is 2.53 bits per heavy atom. The lowest BCUT2D eigenvalue weighted by Gasteiger charge is -2.18. The first kappa shape index (κ1) is 21.7. The van der Waals surface area contributed by atoms with Crippen molar-refractivity contribution in [1.82, 2.24) is 9.72 Å². The molecular weight excluding hydrogens is 426 g/mol. The van der Waals surface area contributed by atoms with Gasteiger partial charge in [0.05, 0.1) is 41.9 Å². The molecule has 0 radical (unpaired) electrons. The highest BCUT2D eigenvalue weighted by Gasteiger charge is 2.22. The zero-order chi connectivity index (χ0) is 22.8. The normalized spacial score (nSPS) is 11.0. The monoisotopic (exact) mass is 447 g/mol. The van der Waals surface area contributed by atoms with Crippen LogP contribution >= 0.6 is 11.6 Å². The number of halogens is 1. The molecular formula is C25H22ClN3O3. The van der Waals surface area contributed by atoms with Crippen molar-refractivity contribution in [2.75, 3.05) is 7.11 Å². The molecule has 0 atom stereocenters. The molecule has 0 N–H and O–H groups in total. The van der Waals surface area contributed by atoms with Gasteiger partial charge in [0.15, 0.2) is 0 Å². The standard InChI is InChI=1S/C25H22ClN3O3/c1-15-22(16(2)32-28-15)23-21(31-3)9-6-18-14-19(10-12-27)25(30)29(24(18)23)13-11-17-4-7-20(26)8-5-17/h4-9,14H,10-11,13H2,1-3H3. The summed E-state index contributed by atoms with van der Waals surface area (Å²) in [5.74, 6) is 1.27. The highest BCUT2D eigenvalue weighted by molar-refractivity contribution is 6.30. The Labute approximate surface area is 190 Å². The molecule has 4 aromatic rings. The molecule has 0 aliphatic heterocycles. The van der Waals surface area contributed by atoms with Crippen LogP contribution in [-0.4, -0.2) is 16.8 Å². The molecule has 0 saturated heterocycles. The summed E-state index contributed by atoms with van der Waals surface area (Å²) < 4.78 is 12.8. The molecule has 2 aromatic carbocycles. The molecule has 0 amide bonds. The highest BCUT2D eigenvalue weighted by atomic mass is 35.5. The van der Waals surface area contributed by atoms with E-state index >= 15 is 0 Å². The van der Waals surface area contributed by atoms with Gasteiger partial charge in [0.1, 0.15) is 11.5 Å². The molecule has 162 valence electrons. The Bertz CT molecular complexity index is 1380. The molecule has 0 aliphatic rings. The summed E-state index contributed by atoms with van der Waals surface area (Å²) in [6.07, 6.45) is 0.669. The van der Waals surface area contributed by atoms with Gasteiger partial charge in [-0.15, -0.1) is 0 Å². The largest absolute Gasteiger partial charge is 0.496 e. The minimum absolute atomic E-state index is 0.0440. The van der Waals surface area contributed by atoms with Crippen LogP contribution < -0.4 is 10.3 Å². The van der Waals surface area contributed by atoms with E-state index in [0.717, 1.165) is 27.6 Å². The van der Waals surface area contributed by atoms with Gasteiger partial charge in [0.25, 0.3) is 5.56 Å². The molecule has 2 aromatic heterocycles. The number of ether oxygens (including phenoxy) is 1. The van der Waals surface area contributed by atoms with E-state index in [1.165, 1.54) is 0 Å². The van der Waals surface area contributed by atoms with Crippen LogP contribution in [0.5, 0.6) is 5.75 Å². The third kappa shape index (κ3) is 3.88. The third-order valence-corrected chi connectivity index (χ3v) is 5.85. The molecule has 0 unspecified atom stereocenters. The molecule has 0 bridgehead atoms. The number of rotatable bonds is 6. The lowest BCUT2D eigenvalue weighted by molar-refractivity contribution is 0.393. The van der Waals surface area contributed by atoms with Crippen LogP contribution in [0.4, 0.5) is 0 Å². The fourth-order valence-corrected chi connectivity index (χ4v) is 4.22. The predicted octanol–water partition coefficient (Wildman–Crippen LogP) is 5.24. The van der Waals surface area contributed by atoms with E-state index in [4.69, 9.17) is 20.9 Å². The Morgan fingerprint density at radius 1 is 1.16 bits per heavy atom. The van der Waals surface area contributed by atoms with E-state index in [9.17, 15) is 10.1 Å². The molecule has 32 heavy (non-hydrogen) atoms. The average Bonchev–Trinajstić information content (AvgIpc) is 3.12. The van der Waals surface area contributed by atoms with E-state index in [1.807, 2.05) is 50.2 Å². The van der Waals surface area contributed by atoms with Gasteiger partial charge in [0.2, 0.25) is 0 Å². The van der Waals surface area contributed by atoms with Crippen molar-refractivity contribution < 1.29 is 9.26 Å². The van der Waals surface area contributed by atoms with Crippen LogP contribution in [0.25, 0.3) is 22.0 Å². The van der Waals surface area contributed by atoms with Crippen molar-refractivity contribution in [3.63, 3.8) is 0 Å². The minimum Gasteiger partial charge on any atom is -0.496 e. The van der Waals surface area contributed by atoms with Gasteiger partial charge in [-0.05, 0) is 61.5 Å². The summed E-state index contributed by atoms with van der Waals surface area (Å²) in [4.78, 5) is 13.5. The Kier molecular flexibility index (Phi) is 6.02. The second-order valence-electron chi connectivity index (χ2n) is 7.62. The smallest absolute Gasteiger partial charge is 0.255 e. The van der Waals surface area contributed by atoms with Gasteiger partial charge < -0.3 is 13.8 Å². The molecule has 4 rings (SSSR count). The van der Waals surface area contributed by atoms with Gasteiger partial charge in [-0.1, -0.05) is 28.9 Å². The highest BCUT2D eigenvalue weighted by Crippen LogP contribution is 2.40. The van der Waals surface area contributed by atoms with Crippen molar-refractivity contribution >= 4 is 22.5 Å². The van der Waals surface area contributed by atoms with E-state index < -0.39 is 0 Å². The Balaban J connectivity index is 2.00. The first-order valence-electron chi connectivity index (χ1n) is 10.2. The first-order chi connectivity index (χ1) is 15.4. The zero-order valence-corrected chi connectivity index (χ0v) is 18.9. The summed E-state index contributed by atoms with van der Waals surface area (Å²) in [6, 6.07) is 15.2. The Morgan fingerprint density at radius 2 is 1.91 bits per heavy atom. The second kappa shape index (κ2) is 8.89. The lowest BCUT2D eigenvalue weighted by atomic mass is 9.97. The number of aryl methyl sites for hydroxylation is 4. The van der Waals surface area contributed by atoms with Gasteiger partial charge in [0, 0.05) is 17.1 Å². The van der Waals surface area contributed by atoms with Crippen molar-refractivity contribution in [2.24, 2.45) is 0 Å². The number of aromatic nitrogens is 2. The van der Waals surface area contributed by atoms with Crippen LogP contribution in [0.1, 0.15) is 22.6 Å². The van der Waals surface area contributed by atoms with Crippen LogP contribution in [0, 0.1) is 25.2 Å². The van der Waals surface area contributed by atoms with Crippen LogP contribution in [0.2, 0.25) is 5.02 Å². The number of nitrogens with zero attached hydrogens (tertiary/aromatic N) is 3. The molecule has 0 saturated carbocycles. The first-order valence-corrected chi connectivity index (χ1v) is 10.6. The van der Waals surface area contributed by atoms with Gasteiger partial charge in [-0.2, -0.15) is 5.26 Å². The van der Waals surface area contributed by atoms with Crippen molar-refractivity contribution in [3.8, 4) is 22.9 Å². The number of nitriles is 1. The fraction of sp³-hybridized carbons (Fsp3) is 0.240. The predicted molar refractivity (Wildman–Crippen MR) is 124 cm³/mol. The Hall–Kier alpha value is -3.56. The van der Waals surface area contributed by atoms with Crippen molar-refractivity contribution in [1.29, 1.82) is 5.26 Å². The number of methoxy groups -OCH3 is 1. The summed E-state index contributed by atoms with van der Waals surface area (Å²) >= 11 is 6.01. The quantitative estimate of drug-likeness (QED) is 0.403. The summed E-state index contributed by atoms with van der Waals surface area (Å²) in [5.41, 5.74) is 4.35. The summed E-state index contributed by atoms with van der Waals surface area (Å²) in [5, 5.41) is 14.9. The SMILES string of the molecule is COc1ccc2cc(CC#N)c(=O)n(CCc3ccc(Cl)cc3)c2c1-c1c(C)noc1C. The topological polar surface area (TPSA) is 81.0 Å². The van der Waals surface area contributed by atoms with E-state index in [2.05, 4.69) is 11.2 Å². The van der Waals surface area contributed by atoms with Gasteiger partial charge >= 0.3 is 0 Å². The maximum atomic E-state index is 13.5. The fourth-order valence-electron chi connectivity index (χ4n) is 4.09. The van der Waals surface area contributed by atoms with Gasteiger partial charge in [-0.3, -0.25) is 4.79 Å². The third-order valence-electron chi connectivity index (χ3n) is 5.60. The van der Waals surface area contributed by atoms with E-state index in [1.54, 1.807) is 17.7 Å². The molecule has 0 fully saturated rings. The van der Waals surface area contributed by atoms with Crippen molar-refractivity contribution in [2.45, 2.75) is 33.2 Å². The van der Waals surface area contributed by atoms with Crippen LogP contribution in [-0.2, 0) is 19.4 Å². The zero-order valence-electron chi connectivity index (χ0n) is 18.1. The number of hydrogen-bond donors (Lipinski definition) is 0. The number of fused-ring (bicyclic) bond motifs is 1. The maximum absolute atomic E-state index is 13.5. The maximum Gasteiger partial charge on any atom is 0.255 e. The number of hydrogen-bond acceptors (Lipinski definition) is 5. The molecule has 2 heterocycles. The molecule has 0 spiro atoms. The van der Waals surface area contributed by atoms with E-state index in [-0.39, 0.29) is 12.0 Å². The second-order valence-corrected chi connectivity index (χ2v) is 8.05. The summed E-state index contributed by atoms with van der Waals surface area (Å²) in [6.45, 7) is 4.14. The molecule has 6 nitrogen and oxygen atoms in total. The van der Waals surface area contributed by atoms with E-state index in [0.29, 0.717) is 40.8 Å². The van der Waals surface area contributed by atoms with Crippen LogP contribution in [0.15, 0.2) is 51.8 Å². The van der Waals surface area contributed by atoms with Gasteiger partial charge in [-0.25, -0.2) is 0 Å². The average molecular weight is 448 g/mol.